The largest absolute Gasteiger partial charge is 0.350 e. The van der Waals surface area contributed by atoms with E-state index in [1.54, 1.807) is 30.3 Å². The van der Waals surface area contributed by atoms with Crippen molar-refractivity contribution in [1.82, 2.24) is 10.6 Å². The van der Waals surface area contributed by atoms with Gasteiger partial charge in [0, 0.05) is 23.7 Å². The maximum Gasteiger partial charge on any atom is 0.292 e. The molecule has 0 heterocycles. The Hall–Kier alpha value is -2.95. The lowest BCUT2D eigenvalue weighted by Crippen LogP contribution is -2.32. The standard InChI is InChI=1S/C24H30N2O3/c1-6-16(2)26-22(28)19-9-7-8-17(14-19)15-25-23(29)21(27)18-10-12-20(13-11-18)24(3,4)5/h7-14,16H,6,15H2,1-5H3,(H,25,29)(H,26,28). The van der Waals surface area contributed by atoms with Crippen molar-refractivity contribution in [2.24, 2.45) is 0 Å². The van der Waals surface area contributed by atoms with Crippen LogP contribution in [0.25, 0.3) is 0 Å². The van der Waals surface area contributed by atoms with Gasteiger partial charge in [0.25, 0.3) is 11.8 Å². The minimum Gasteiger partial charge on any atom is -0.350 e. The molecule has 0 bridgehead atoms. The molecular formula is C24H30N2O3. The summed E-state index contributed by atoms with van der Waals surface area (Å²) in [6.45, 7) is 10.4. The van der Waals surface area contributed by atoms with E-state index in [0.29, 0.717) is 11.1 Å². The normalized spacial score (nSPS) is 12.2. The van der Waals surface area contributed by atoms with Gasteiger partial charge in [0.05, 0.1) is 0 Å². The minimum atomic E-state index is -0.664. The van der Waals surface area contributed by atoms with Crippen molar-refractivity contribution in [3.8, 4) is 0 Å². The van der Waals surface area contributed by atoms with Gasteiger partial charge in [-0.15, -0.1) is 0 Å². The smallest absolute Gasteiger partial charge is 0.292 e. The lowest BCUT2D eigenvalue weighted by molar-refractivity contribution is -0.117. The Morgan fingerprint density at radius 2 is 1.62 bits per heavy atom. The van der Waals surface area contributed by atoms with E-state index >= 15 is 0 Å². The number of rotatable bonds is 7. The third kappa shape index (κ3) is 6.28. The van der Waals surface area contributed by atoms with Gasteiger partial charge in [-0.1, -0.05) is 64.1 Å². The summed E-state index contributed by atoms with van der Waals surface area (Å²) in [5.74, 6) is -1.39. The summed E-state index contributed by atoms with van der Waals surface area (Å²) in [5.41, 5.74) is 2.72. The Labute approximate surface area is 172 Å². The molecule has 2 aromatic rings. The molecule has 29 heavy (non-hydrogen) atoms. The zero-order valence-electron chi connectivity index (χ0n) is 17.8. The number of carbonyl (C=O) groups excluding carboxylic acids is 3. The van der Waals surface area contributed by atoms with Crippen molar-refractivity contribution in [3.63, 3.8) is 0 Å². The lowest BCUT2D eigenvalue weighted by atomic mass is 9.86. The van der Waals surface area contributed by atoms with Crippen LogP contribution < -0.4 is 10.6 Å². The van der Waals surface area contributed by atoms with Crippen LogP contribution in [0, 0.1) is 0 Å². The van der Waals surface area contributed by atoms with E-state index in [0.717, 1.165) is 17.5 Å². The molecule has 0 fully saturated rings. The Kier molecular flexibility index (Phi) is 7.32. The lowest BCUT2D eigenvalue weighted by Gasteiger charge is -2.18. The van der Waals surface area contributed by atoms with E-state index in [1.165, 1.54) is 0 Å². The van der Waals surface area contributed by atoms with Crippen LogP contribution in [0.5, 0.6) is 0 Å². The maximum atomic E-state index is 12.4. The number of benzene rings is 2. The number of hydrogen-bond acceptors (Lipinski definition) is 3. The predicted molar refractivity (Wildman–Crippen MR) is 115 cm³/mol. The maximum absolute atomic E-state index is 12.4. The number of ketones is 1. The molecule has 2 amide bonds. The van der Waals surface area contributed by atoms with E-state index in [-0.39, 0.29) is 23.9 Å². The van der Waals surface area contributed by atoms with Crippen LogP contribution >= 0.6 is 0 Å². The molecule has 0 radical (unpaired) electrons. The third-order valence-corrected chi connectivity index (χ3v) is 4.85. The van der Waals surface area contributed by atoms with E-state index in [2.05, 4.69) is 31.4 Å². The molecule has 2 N–H and O–H groups in total. The first-order valence-electron chi connectivity index (χ1n) is 9.94. The van der Waals surface area contributed by atoms with Gasteiger partial charge in [0.15, 0.2) is 0 Å². The van der Waals surface area contributed by atoms with Crippen molar-refractivity contribution in [3.05, 3.63) is 70.8 Å². The molecule has 2 aromatic carbocycles. The van der Waals surface area contributed by atoms with Crippen molar-refractivity contribution >= 4 is 17.6 Å². The summed E-state index contributed by atoms with van der Waals surface area (Å²) in [4.78, 5) is 36.9. The summed E-state index contributed by atoms with van der Waals surface area (Å²) in [6, 6.07) is 14.2. The molecule has 1 unspecified atom stereocenters. The van der Waals surface area contributed by atoms with Gasteiger partial charge < -0.3 is 10.6 Å². The first kappa shape index (κ1) is 22.3. The number of amides is 2. The monoisotopic (exact) mass is 394 g/mol. The highest BCUT2D eigenvalue weighted by Gasteiger charge is 2.18. The fourth-order valence-electron chi connectivity index (χ4n) is 2.75. The molecule has 2 rings (SSSR count). The highest BCUT2D eigenvalue weighted by Crippen LogP contribution is 2.22. The van der Waals surface area contributed by atoms with Crippen LogP contribution in [0.2, 0.25) is 0 Å². The summed E-state index contributed by atoms with van der Waals surface area (Å²) in [5, 5.41) is 5.55. The Morgan fingerprint density at radius 3 is 2.21 bits per heavy atom. The zero-order valence-corrected chi connectivity index (χ0v) is 17.8. The molecule has 0 aliphatic rings. The average Bonchev–Trinajstić information content (AvgIpc) is 2.70. The zero-order chi connectivity index (χ0) is 21.6. The molecular weight excluding hydrogens is 364 g/mol. The van der Waals surface area contributed by atoms with E-state index in [9.17, 15) is 14.4 Å². The Bertz CT molecular complexity index is 880. The molecule has 154 valence electrons. The second kappa shape index (κ2) is 9.50. The second-order valence-electron chi connectivity index (χ2n) is 8.32. The van der Waals surface area contributed by atoms with Gasteiger partial charge >= 0.3 is 0 Å². The second-order valence-corrected chi connectivity index (χ2v) is 8.32. The van der Waals surface area contributed by atoms with E-state index in [4.69, 9.17) is 0 Å². The highest BCUT2D eigenvalue weighted by molar-refractivity contribution is 6.42. The van der Waals surface area contributed by atoms with E-state index < -0.39 is 11.7 Å². The molecule has 0 saturated heterocycles. The number of Topliss-reactive ketones (excluding diaryl/α,β-unsaturated/α-hetero) is 1. The van der Waals surface area contributed by atoms with Gasteiger partial charge in [0.1, 0.15) is 0 Å². The van der Waals surface area contributed by atoms with Crippen molar-refractivity contribution in [2.45, 2.75) is 59.0 Å². The topological polar surface area (TPSA) is 75.3 Å². The number of nitrogens with one attached hydrogen (secondary N) is 2. The Balaban J connectivity index is 1.99. The third-order valence-electron chi connectivity index (χ3n) is 4.85. The SMILES string of the molecule is CCC(C)NC(=O)c1cccc(CNC(=O)C(=O)c2ccc(C(C)(C)C)cc2)c1. The highest BCUT2D eigenvalue weighted by atomic mass is 16.2. The summed E-state index contributed by atoms with van der Waals surface area (Å²) >= 11 is 0. The van der Waals surface area contributed by atoms with Crippen molar-refractivity contribution in [2.75, 3.05) is 0 Å². The van der Waals surface area contributed by atoms with Crippen LogP contribution in [-0.4, -0.2) is 23.6 Å². The minimum absolute atomic E-state index is 0.0178. The molecule has 5 heteroatoms. The molecule has 1 atom stereocenters. The van der Waals surface area contributed by atoms with Crippen LogP contribution in [0.3, 0.4) is 0 Å². The number of carbonyl (C=O) groups is 3. The summed E-state index contributed by atoms with van der Waals surface area (Å²) in [7, 11) is 0. The number of hydrogen-bond donors (Lipinski definition) is 2. The molecule has 5 nitrogen and oxygen atoms in total. The van der Waals surface area contributed by atoms with E-state index in [1.807, 2.05) is 32.0 Å². The fourth-order valence-corrected chi connectivity index (χ4v) is 2.75. The van der Waals surface area contributed by atoms with Gasteiger partial charge in [-0.2, -0.15) is 0 Å². The molecule has 0 aliphatic heterocycles. The van der Waals surface area contributed by atoms with Crippen LogP contribution in [0.4, 0.5) is 0 Å². The summed E-state index contributed by atoms with van der Waals surface area (Å²) < 4.78 is 0. The van der Waals surface area contributed by atoms with Crippen molar-refractivity contribution < 1.29 is 14.4 Å². The summed E-state index contributed by atoms with van der Waals surface area (Å²) in [6.07, 6.45) is 0.848. The van der Waals surface area contributed by atoms with Crippen molar-refractivity contribution in [1.29, 1.82) is 0 Å². The van der Waals surface area contributed by atoms with Gasteiger partial charge in [-0.05, 0) is 42.0 Å². The molecule has 0 spiro atoms. The molecule has 0 aromatic heterocycles. The van der Waals surface area contributed by atoms with Crippen LogP contribution in [0.1, 0.15) is 72.9 Å². The van der Waals surface area contributed by atoms with Crippen LogP contribution in [0.15, 0.2) is 48.5 Å². The van der Waals surface area contributed by atoms with Gasteiger partial charge in [-0.25, -0.2) is 0 Å². The quantitative estimate of drug-likeness (QED) is 0.550. The van der Waals surface area contributed by atoms with Crippen LogP contribution in [-0.2, 0) is 16.8 Å². The van der Waals surface area contributed by atoms with Gasteiger partial charge in [0.2, 0.25) is 5.78 Å². The Morgan fingerprint density at radius 1 is 0.966 bits per heavy atom. The molecule has 0 aliphatic carbocycles. The fraction of sp³-hybridized carbons (Fsp3) is 0.375. The molecule has 0 saturated carbocycles. The first-order chi connectivity index (χ1) is 13.6. The first-order valence-corrected chi connectivity index (χ1v) is 9.94. The van der Waals surface area contributed by atoms with Gasteiger partial charge in [-0.3, -0.25) is 14.4 Å². The average molecular weight is 395 g/mol. The predicted octanol–water partition coefficient (Wildman–Crippen LogP) is 4.01.